The second kappa shape index (κ2) is 5.22. The van der Waals surface area contributed by atoms with E-state index in [1.54, 1.807) is 0 Å². The van der Waals surface area contributed by atoms with Crippen LogP contribution in [0.25, 0.3) is 0 Å². The fraction of sp³-hybridized carbons (Fsp3) is 0.600. The third-order valence-electron chi connectivity index (χ3n) is 4.11. The molecule has 1 N–H and O–H groups in total. The Morgan fingerprint density at radius 3 is 2.72 bits per heavy atom. The van der Waals surface area contributed by atoms with Crippen molar-refractivity contribution in [3.63, 3.8) is 0 Å². The maximum Gasteiger partial charge on any atom is 0.0382 e. The summed E-state index contributed by atoms with van der Waals surface area (Å²) >= 11 is 3.64. The molecule has 1 aromatic carbocycles. The van der Waals surface area contributed by atoms with E-state index in [0.717, 1.165) is 6.54 Å². The summed E-state index contributed by atoms with van der Waals surface area (Å²) < 4.78 is 1.20. The molecule has 2 nitrogen and oxygen atoms in total. The fourth-order valence-electron chi connectivity index (χ4n) is 2.66. The molecule has 1 aromatic rings. The van der Waals surface area contributed by atoms with Crippen molar-refractivity contribution in [2.24, 2.45) is 0 Å². The fourth-order valence-corrected chi connectivity index (χ4v) is 3.03. The van der Waals surface area contributed by atoms with Crippen molar-refractivity contribution in [3.05, 3.63) is 28.2 Å². The van der Waals surface area contributed by atoms with Crippen LogP contribution in [0.5, 0.6) is 0 Å². The number of benzene rings is 1. The van der Waals surface area contributed by atoms with E-state index < -0.39 is 0 Å². The number of hydrogen-bond acceptors (Lipinski definition) is 2. The highest BCUT2D eigenvalue weighted by atomic mass is 79.9. The van der Waals surface area contributed by atoms with Gasteiger partial charge in [0.25, 0.3) is 0 Å². The molecule has 18 heavy (non-hydrogen) atoms. The molecular formula is C15H23BrN2. The van der Waals surface area contributed by atoms with Gasteiger partial charge in [0.2, 0.25) is 0 Å². The third-order valence-corrected chi connectivity index (χ3v) is 4.97. The molecular weight excluding hydrogens is 288 g/mol. The van der Waals surface area contributed by atoms with Gasteiger partial charge in [0.1, 0.15) is 0 Å². The van der Waals surface area contributed by atoms with Crippen LogP contribution in [0.15, 0.2) is 22.7 Å². The number of nitrogens with zero attached hydrogens (tertiary/aromatic N) is 1. The maximum absolute atomic E-state index is 3.64. The number of aryl methyl sites for hydroxylation is 1. The van der Waals surface area contributed by atoms with E-state index in [-0.39, 0.29) is 5.54 Å². The molecule has 0 spiro atoms. The van der Waals surface area contributed by atoms with Crippen molar-refractivity contribution in [2.45, 2.75) is 45.2 Å². The van der Waals surface area contributed by atoms with Crippen LogP contribution in [0.2, 0.25) is 0 Å². The lowest BCUT2D eigenvalue weighted by Gasteiger charge is -2.47. The summed E-state index contributed by atoms with van der Waals surface area (Å²) in [4.78, 5) is 2.53. The lowest BCUT2D eigenvalue weighted by atomic mass is 9.87. The number of halogens is 1. The van der Waals surface area contributed by atoms with Crippen molar-refractivity contribution in [1.29, 1.82) is 0 Å². The zero-order valence-electron chi connectivity index (χ0n) is 11.8. The van der Waals surface area contributed by atoms with Gasteiger partial charge in [0.15, 0.2) is 0 Å². The lowest BCUT2D eigenvalue weighted by molar-refractivity contribution is 0.313. The monoisotopic (exact) mass is 310 g/mol. The Morgan fingerprint density at radius 1 is 1.39 bits per heavy atom. The minimum atomic E-state index is 0.238. The smallest absolute Gasteiger partial charge is 0.0382 e. The minimum absolute atomic E-state index is 0.238. The summed E-state index contributed by atoms with van der Waals surface area (Å²) in [6, 6.07) is 7.27. The van der Waals surface area contributed by atoms with E-state index >= 15 is 0 Å². The van der Waals surface area contributed by atoms with Crippen LogP contribution in [0.3, 0.4) is 0 Å². The van der Waals surface area contributed by atoms with Crippen molar-refractivity contribution in [3.8, 4) is 0 Å². The molecule has 1 aliphatic rings. The Bertz CT molecular complexity index is 429. The van der Waals surface area contributed by atoms with Gasteiger partial charge in [0, 0.05) is 28.3 Å². The molecule has 1 unspecified atom stereocenters. The van der Waals surface area contributed by atoms with Crippen LogP contribution in [-0.4, -0.2) is 25.2 Å². The number of rotatable bonds is 2. The summed E-state index contributed by atoms with van der Waals surface area (Å²) in [6.45, 7) is 7.89. The molecule has 1 heterocycles. The molecule has 1 saturated heterocycles. The molecule has 0 saturated carbocycles. The summed E-state index contributed by atoms with van der Waals surface area (Å²) in [7, 11) is 2.06. The Labute approximate surface area is 119 Å². The first-order valence-electron chi connectivity index (χ1n) is 6.65. The molecule has 2 rings (SSSR count). The maximum atomic E-state index is 3.64. The van der Waals surface area contributed by atoms with E-state index in [1.807, 2.05) is 0 Å². The highest BCUT2D eigenvalue weighted by molar-refractivity contribution is 9.10. The van der Waals surface area contributed by atoms with Crippen LogP contribution < -0.4 is 10.2 Å². The standard InChI is InChI=1S/C15H23BrN2/c1-11-5-6-13(9-14(11)16)18-10-12(17-4)7-8-15(18,2)3/h5-6,9,12,17H,7-8,10H2,1-4H3. The summed E-state index contributed by atoms with van der Waals surface area (Å²) in [6.07, 6.45) is 2.48. The van der Waals surface area contributed by atoms with Gasteiger partial charge in [-0.05, 0) is 58.4 Å². The van der Waals surface area contributed by atoms with Crippen molar-refractivity contribution < 1.29 is 0 Å². The van der Waals surface area contributed by atoms with Gasteiger partial charge in [-0.1, -0.05) is 22.0 Å². The highest BCUT2D eigenvalue weighted by Crippen LogP contribution is 2.34. The second-order valence-electron chi connectivity index (χ2n) is 5.88. The molecule has 0 amide bonds. The van der Waals surface area contributed by atoms with Crippen LogP contribution in [-0.2, 0) is 0 Å². The van der Waals surface area contributed by atoms with E-state index in [4.69, 9.17) is 0 Å². The molecule has 0 radical (unpaired) electrons. The van der Waals surface area contributed by atoms with Gasteiger partial charge >= 0.3 is 0 Å². The Morgan fingerprint density at radius 2 is 2.11 bits per heavy atom. The van der Waals surface area contributed by atoms with Crippen LogP contribution >= 0.6 is 15.9 Å². The predicted octanol–water partition coefficient (Wildman–Crippen LogP) is 3.72. The molecule has 3 heteroatoms. The lowest BCUT2D eigenvalue weighted by Crippen LogP contribution is -2.55. The minimum Gasteiger partial charge on any atom is -0.365 e. The van der Waals surface area contributed by atoms with E-state index in [1.165, 1.54) is 28.6 Å². The van der Waals surface area contributed by atoms with E-state index in [9.17, 15) is 0 Å². The van der Waals surface area contributed by atoms with Crippen LogP contribution in [0.1, 0.15) is 32.3 Å². The van der Waals surface area contributed by atoms with Crippen LogP contribution in [0, 0.1) is 6.92 Å². The number of likely N-dealkylation sites (N-methyl/N-ethyl adjacent to an activating group) is 1. The SMILES string of the molecule is CNC1CCC(C)(C)N(c2ccc(C)c(Br)c2)C1. The average Bonchev–Trinajstić information content (AvgIpc) is 2.33. The van der Waals surface area contributed by atoms with Gasteiger partial charge in [-0.2, -0.15) is 0 Å². The van der Waals surface area contributed by atoms with Gasteiger partial charge < -0.3 is 10.2 Å². The van der Waals surface area contributed by atoms with Gasteiger partial charge in [0.05, 0.1) is 0 Å². The van der Waals surface area contributed by atoms with Gasteiger partial charge in [-0.15, -0.1) is 0 Å². The molecule has 1 fully saturated rings. The Kier molecular flexibility index (Phi) is 4.02. The first kappa shape index (κ1) is 13.9. The van der Waals surface area contributed by atoms with Crippen molar-refractivity contribution in [2.75, 3.05) is 18.5 Å². The molecule has 100 valence electrons. The highest BCUT2D eigenvalue weighted by Gasteiger charge is 2.33. The largest absolute Gasteiger partial charge is 0.365 e. The van der Waals surface area contributed by atoms with Crippen molar-refractivity contribution in [1.82, 2.24) is 5.32 Å². The first-order valence-corrected chi connectivity index (χ1v) is 7.44. The second-order valence-corrected chi connectivity index (χ2v) is 6.74. The van der Waals surface area contributed by atoms with Gasteiger partial charge in [-0.3, -0.25) is 0 Å². The number of nitrogens with one attached hydrogen (secondary N) is 1. The zero-order chi connectivity index (χ0) is 13.3. The third kappa shape index (κ3) is 2.72. The molecule has 0 aromatic heterocycles. The Hall–Kier alpha value is -0.540. The number of hydrogen-bond donors (Lipinski definition) is 1. The number of anilines is 1. The molecule has 0 aliphatic carbocycles. The topological polar surface area (TPSA) is 15.3 Å². The zero-order valence-corrected chi connectivity index (χ0v) is 13.3. The summed E-state index contributed by atoms with van der Waals surface area (Å²) in [5, 5.41) is 3.41. The van der Waals surface area contributed by atoms with Gasteiger partial charge in [-0.25, -0.2) is 0 Å². The van der Waals surface area contributed by atoms with E-state index in [2.05, 4.69) is 72.2 Å². The van der Waals surface area contributed by atoms with Crippen molar-refractivity contribution >= 4 is 21.6 Å². The molecule has 1 aliphatic heterocycles. The molecule has 1 atom stereocenters. The summed E-state index contributed by atoms with van der Waals surface area (Å²) in [5.41, 5.74) is 2.85. The van der Waals surface area contributed by atoms with E-state index in [0.29, 0.717) is 6.04 Å². The number of piperidine rings is 1. The Balaban J connectivity index is 2.30. The average molecular weight is 311 g/mol. The van der Waals surface area contributed by atoms with Crippen LogP contribution in [0.4, 0.5) is 5.69 Å². The first-order chi connectivity index (χ1) is 8.44. The summed E-state index contributed by atoms with van der Waals surface area (Å²) in [5.74, 6) is 0. The normalized spacial score (nSPS) is 23.2. The quantitative estimate of drug-likeness (QED) is 0.895. The predicted molar refractivity (Wildman–Crippen MR) is 82.4 cm³/mol. The molecule has 0 bridgehead atoms.